The summed E-state index contributed by atoms with van der Waals surface area (Å²) < 4.78 is 1.98. The van der Waals surface area contributed by atoms with E-state index in [2.05, 4.69) is 10.3 Å². The van der Waals surface area contributed by atoms with Gasteiger partial charge in [0, 0.05) is 41.9 Å². The molecule has 0 fully saturated rings. The molecule has 0 bridgehead atoms. The number of aryl methyl sites for hydroxylation is 1. The minimum absolute atomic E-state index is 0.0616. The molecule has 23 heavy (non-hydrogen) atoms. The Morgan fingerprint density at radius 1 is 1.52 bits per heavy atom. The minimum atomic E-state index is -0.754. The van der Waals surface area contributed by atoms with Gasteiger partial charge in [-0.3, -0.25) is 14.9 Å². The Bertz CT molecular complexity index is 789. The lowest BCUT2D eigenvalue weighted by Gasteiger charge is -2.23. The number of fused-ring (bicyclic) bond motifs is 1. The summed E-state index contributed by atoms with van der Waals surface area (Å²) in [5, 5.41) is 23.4. The summed E-state index contributed by atoms with van der Waals surface area (Å²) in [4.78, 5) is 26.5. The van der Waals surface area contributed by atoms with Gasteiger partial charge in [-0.1, -0.05) is 11.6 Å². The van der Waals surface area contributed by atoms with Crippen LogP contribution in [-0.2, 0) is 17.8 Å². The maximum Gasteiger partial charge on any atom is 0.314 e. The Kier molecular flexibility index (Phi) is 3.91. The number of aromatic nitrogens is 2. The molecule has 8 nitrogen and oxygen atoms in total. The third-order valence-electron chi connectivity index (χ3n) is 3.85. The summed E-state index contributed by atoms with van der Waals surface area (Å²) in [5.41, 5.74) is 0.348. The predicted octanol–water partition coefficient (Wildman–Crippen LogP) is 2.35. The number of benzene rings is 1. The molecule has 0 saturated heterocycles. The number of phenols is 1. The molecule has 1 atom stereocenters. The predicted molar refractivity (Wildman–Crippen MR) is 82.4 cm³/mol. The van der Waals surface area contributed by atoms with Gasteiger partial charge in [0.05, 0.1) is 16.9 Å². The van der Waals surface area contributed by atoms with Crippen LogP contribution in [0.2, 0.25) is 5.02 Å². The zero-order valence-corrected chi connectivity index (χ0v) is 12.7. The number of hydrogen-bond donors (Lipinski definition) is 2. The molecule has 1 aliphatic rings. The number of nitrogens with zero attached hydrogens (tertiary/aromatic N) is 3. The Hall–Kier alpha value is -2.61. The summed E-state index contributed by atoms with van der Waals surface area (Å²) in [5.74, 6) is -1.21. The second-order valence-corrected chi connectivity index (χ2v) is 5.77. The van der Waals surface area contributed by atoms with Gasteiger partial charge in [-0.05, 0) is 12.5 Å². The molecule has 1 unspecified atom stereocenters. The Balaban J connectivity index is 1.80. The van der Waals surface area contributed by atoms with Crippen LogP contribution >= 0.6 is 11.6 Å². The van der Waals surface area contributed by atoms with Gasteiger partial charge in [0.1, 0.15) is 0 Å². The number of carbonyl (C=O) groups is 1. The number of amides is 1. The number of aromatic hydroxyl groups is 1. The van der Waals surface area contributed by atoms with Gasteiger partial charge in [-0.15, -0.1) is 0 Å². The van der Waals surface area contributed by atoms with E-state index in [1.807, 2.05) is 4.57 Å². The van der Waals surface area contributed by atoms with Gasteiger partial charge >= 0.3 is 5.69 Å². The minimum Gasteiger partial charge on any atom is -0.501 e. The highest BCUT2D eigenvalue weighted by molar-refractivity contribution is 6.31. The fourth-order valence-corrected chi connectivity index (χ4v) is 2.86. The molecule has 0 aliphatic carbocycles. The van der Waals surface area contributed by atoms with Crippen LogP contribution in [0.15, 0.2) is 24.7 Å². The average Bonchev–Trinajstić information content (AvgIpc) is 2.97. The molecule has 120 valence electrons. The van der Waals surface area contributed by atoms with E-state index >= 15 is 0 Å². The molecular weight excluding hydrogens is 324 g/mol. The van der Waals surface area contributed by atoms with E-state index in [0.717, 1.165) is 11.8 Å². The maximum absolute atomic E-state index is 12.4. The normalized spacial score (nSPS) is 16.7. The zero-order valence-electron chi connectivity index (χ0n) is 11.9. The van der Waals surface area contributed by atoms with Crippen molar-refractivity contribution >= 4 is 28.9 Å². The van der Waals surface area contributed by atoms with Crippen molar-refractivity contribution in [3.8, 4) is 5.75 Å². The van der Waals surface area contributed by atoms with Crippen molar-refractivity contribution in [3.63, 3.8) is 0 Å². The average molecular weight is 337 g/mol. The first-order valence-corrected chi connectivity index (χ1v) is 7.30. The molecule has 0 saturated carbocycles. The number of nitrogens with one attached hydrogen (secondary N) is 1. The quantitative estimate of drug-likeness (QED) is 0.508. The molecule has 3 rings (SSSR count). The molecule has 2 N–H and O–H groups in total. The van der Waals surface area contributed by atoms with Crippen LogP contribution in [0, 0.1) is 16.0 Å². The Labute approximate surface area is 135 Å². The van der Waals surface area contributed by atoms with Crippen molar-refractivity contribution in [2.75, 3.05) is 5.32 Å². The lowest BCUT2D eigenvalue weighted by Crippen LogP contribution is -2.30. The Morgan fingerprint density at radius 2 is 2.30 bits per heavy atom. The first-order valence-electron chi connectivity index (χ1n) is 6.92. The SMILES string of the molecule is O=C(Nc1cc(Cl)cc([N+](=O)[O-])c1O)C1CCn2cncc2C1. The number of nitro benzene ring substituents is 1. The Morgan fingerprint density at radius 3 is 3.04 bits per heavy atom. The van der Waals surface area contributed by atoms with Crippen LogP contribution in [0.5, 0.6) is 5.75 Å². The van der Waals surface area contributed by atoms with Gasteiger partial charge in [0.25, 0.3) is 0 Å². The lowest BCUT2D eigenvalue weighted by atomic mass is 9.95. The first kappa shape index (κ1) is 15.3. The summed E-state index contributed by atoms with van der Waals surface area (Å²) >= 11 is 5.81. The second kappa shape index (κ2) is 5.88. The fourth-order valence-electron chi connectivity index (χ4n) is 2.65. The van der Waals surface area contributed by atoms with Crippen LogP contribution in [0.25, 0.3) is 0 Å². The molecule has 1 aromatic carbocycles. The van der Waals surface area contributed by atoms with Crippen LogP contribution in [0.4, 0.5) is 11.4 Å². The number of hydrogen-bond acceptors (Lipinski definition) is 5. The number of carbonyl (C=O) groups excluding carboxylic acids is 1. The number of rotatable bonds is 3. The van der Waals surface area contributed by atoms with Crippen molar-refractivity contribution in [3.05, 3.63) is 45.5 Å². The van der Waals surface area contributed by atoms with E-state index in [0.29, 0.717) is 19.4 Å². The first-order chi connectivity index (χ1) is 11.0. The molecule has 0 radical (unpaired) electrons. The third-order valence-corrected chi connectivity index (χ3v) is 4.07. The molecule has 2 aromatic rings. The van der Waals surface area contributed by atoms with Crippen LogP contribution in [-0.4, -0.2) is 25.5 Å². The van der Waals surface area contributed by atoms with E-state index in [4.69, 9.17) is 11.6 Å². The molecule has 1 aromatic heterocycles. The highest BCUT2D eigenvalue weighted by Gasteiger charge is 2.27. The summed E-state index contributed by atoms with van der Waals surface area (Å²) in [6, 6.07) is 2.32. The number of phenolic OH excluding ortho intramolecular Hbond substituents is 1. The summed E-state index contributed by atoms with van der Waals surface area (Å²) in [6.45, 7) is 0.676. The molecule has 9 heteroatoms. The topological polar surface area (TPSA) is 110 Å². The summed E-state index contributed by atoms with van der Waals surface area (Å²) in [7, 11) is 0. The van der Waals surface area contributed by atoms with E-state index < -0.39 is 16.4 Å². The van der Waals surface area contributed by atoms with E-state index in [9.17, 15) is 20.0 Å². The highest BCUT2D eigenvalue weighted by atomic mass is 35.5. The lowest BCUT2D eigenvalue weighted by molar-refractivity contribution is -0.385. The fraction of sp³-hybridized carbons (Fsp3) is 0.286. The van der Waals surface area contributed by atoms with Crippen LogP contribution < -0.4 is 5.32 Å². The second-order valence-electron chi connectivity index (χ2n) is 5.34. The largest absolute Gasteiger partial charge is 0.501 e. The number of nitro groups is 1. The van der Waals surface area contributed by atoms with E-state index in [-0.39, 0.29) is 22.5 Å². The van der Waals surface area contributed by atoms with Crippen LogP contribution in [0.1, 0.15) is 12.1 Å². The molecule has 2 heterocycles. The van der Waals surface area contributed by atoms with Crippen molar-refractivity contribution in [2.45, 2.75) is 19.4 Å². The number of halogens is 1. The zero-order chi connectivity index (χ0) is 16.6. The van der Waals surface area contributed by atoms with Gasteiger partial charge < -0.3 is 15.0 Å². The van der Waals surface area contributed by atoms with E-state index in [1.165, 1.54) is 6.07 Å². The smallest absolute Gasteiger partial charge is 0.314 e. The molecule has 1 amide bonds. The van der Waals surface area contributed by atoms with Crippen molar-refractivity contribution in [1.82, 2.24) is 9.55 Å². The van der Waals surface area contributed by atoms with Crippen molar-refractivity contribution in [2.24, 2.45) is 5.92 Å². The van der Waals surface area contributed by atoms with Gasteiger partial charge in [-0.2, -0.15) is 0 Å². The van der Waals surface area contributed by atoms with Crippen molar-refractivity contribution in [1.29, 1.82) is 0 Å². The summed E-state index contributed by atoms with van der Waals surface area (Å²) in [6.07, 6.45) is 4.57. The monoisotopic (exact) mass is 336 g/mol. The number of imidazole rings is 1. The van der Waals surface area contributed by atoms with Crippen LogP contribution in [0.3, 0.4) is 0 Å². The third kappa shape index (κ3) is 2.98. The van der Waals surface area contributed by atoms with Crippen molar-refractivity contribution < 1.29 is 14.8 Å². The maximum atomic E-state index is 12.4. The van der Waals surface area contributed by atoms with Gasteiger partial charge in [-0.25, -0.2) is 4.98 Å². The molecular formula is C14H13ClN4O4. The number of anilines is 1. The standard InChI is InChI=1S/C14H13ClN4O4/c15-9-4-11(13(20)12(5-9)19(22)23)17-14(21)8-1-2-18-7-16-6-10(18)3-8/h4-8,20H,1-3H2,(H,17,21). The van der Waals surface area contributed by atoms with Gasteiger partial charge in [0.15, 0.2) is 0 Å². The highest BCUT2D eigenvalue weighted by Crippen LogP contribution is 2.37. The van der Waals surface area contributed by atoms with Gasteiger partial charge in [0.2, 0.25) is 11.7 Å². The van der Waals surface area contributed by atoms with E-state index in [1.54, 1.807) is 12.5 Å². The molecule has 0 spiro atoms. The molecule has 1 aliphatic heterocycles.